The third-order valence-corrected chi connectivity index (χ3v) is 6.55. The number of rotatable bonds is 10. The number of ether oxygens (including phenoxy) is 1. The Morgan fingerprint density at radius 3 is 2.64 bits per heavy atom. The van der Waals surface area contributed by atoms with Crippen LogP contribution in [-0.2, 0) is 18.8 Å². The van der Waals surface area contributed by atoms with Gasteiger partial charge in [-0.05, 0) is 61.6 Å². The Morgan fingerprint density at radius 1 is 1.11 bits per heavy atom. The first-order valence-electron chi connectivity index (χ1n) is 11.9. The molecule has 0 aliphatic carbocycles. The van der Waals surface area contributed by atoms with Gasteiger partial charge in [-0.25, -0.2) is 8.78 Å². The normalized spacial score (nSPS) is 11.3. The zero-order chi connectivity index (χ0) is 25.7. The van der Waals surface area contributed by atoms with Gasteiger partial charge in [0.1, 0.15) is 5.75 Å². The van der Waals surface area contributed by atoms with Crippen molar-refractivity contribution in [3.63, 3.8) is 0 Å². The van der Waals surface area contributed by atoms with Crippen LogP contribution >= 0.6 is 11.8 Å². The van der Waals surface area contributed by atoms with Gasteiger partial charge in [-0.3, -0.25) is 9.78 Å². The van der Waals surface area contributed by atoms with Crippen molar-refractivity contribution in [1.29, 1.82) is 0 Å². The van der Waals surface area contributed by atoms with E-state index < -0.39 is 11.6 Å². The smallest absolute Gasteiger partial charge is 0.254 e. The third kappa shape index (κ3) is 5.87. The second-order valence-electron chi connectivity index (χ2n) is 8.64. The summed E-state index contributed by atoms with van der Waals surface area (Å²) >= 11 is 1.72. The molecule has 5 nitrogen and oxygen atoms in total. The third-order valence-electron chi connectivity index (χ3n) is 5.67. The van der Waals surface area contributed by atoms with Crippen LogP contribution in [0.25, 0.3) is 10.9 Å². The van der Waals surface area contributed by atoms with Crippen LogP contribution in [0.2, 0.25) is 0 Å². The molecule has 1 amide bonds. The Labute approximate surface area is 213 Å². The van der Waals surface area contributed by atoms with Crippen molar-refractivity contribution in [2.75, 3.05) is 5.75 Å². The fourth-order valence-electron chi connectivity index (χ4n) is 4.08. The Bertz CT molecular complexity index is 1360. The highest BCUT2D eigenvalue weighted by Crippen LogP contribution is 2.33. The molecule has 4 rings (SSSR count). The summed E-state index contributed by atoms with van der Waals surface area (Å²) in [5.74, 6) is 0.122. The molecule has 188 valence electrons. The topological polar surface area (TPSA) is 56.1 Å². The van der Waals surface area contributed by atoms with E-state index in [1.54, 1.807) is 18.0 Å². The Balaban J connectivity index is 1.78. The summed E-state index contributed by atoms with van der Waals surface area (Å²) in [4.78, 5) is 18.0. The number of carbonyl (C=O) groups is 1. The highest BCUT2D eigenvalue weighted by Gasteiger charge is 2.23. The molecule has 0 radical (unpaired) electrons. The first-order chi connectivity index (χ1) is 17.4. The molecule has 8 heteroatoms. The van der Waals surface area contributed by atoms with Gasteiger partial charge in [-0.15, -0.1) is 0 Å². The average Bonchev–Trinajstić information content (AvgIpc) is 3.16. The van der Waals surface area contributed by atoms with E-state index in [4.69, 9.17) is 4.74 Å². The minimum absolute atomic E-state index is 0.00985. The first kappa shape index (κ1) is 25.7. The van der Waals surface area contributed by atoms with Crippen molar-refractivity contribution in [1.82, 2.24) is 14.9 Å². The highest BCUT2D eigenvalue weighted by atomic mass is 32.2. The molecular formula is C28H29F2N3O2S. The van der Waals surface area contributed by atoms with Crippen molar-refractivity contribution >= 4 is 28.6 Å². The predicted molar refractivity (Wildman–Crippen MR) is 140 cm³/mol. The van der Waals surface area contributed by atoms with E-state index in [2.05, 4.69) is 21.8 Å². The molecule has 2 aromatic heterocycles. The van der Waals surface area contributed by atoms with Crippen molar-refractivity contribution in [2.24, 2.45) is 0 Å². The number of amides is 1. The van der Waals surface area contributed by atoms with E-state index in [0.717, 1.165) is 45.9 Å². The first-order valence-corrected chi connectivity index (χ1v) is 13.0. The fraction of sp³-hybridized carbons (Fsp3) is 0.286. The largest absolute Gasteiger partial charge is 0.491 e. The minimum atomic E-state index is -0.938. The number of hydrogen-bond donors (Lipinski definition) is 1. The molecule has 0 aliphatic rings. The molecule has 0 atom stereocenters. The van der Waals surface area contributed by atoms with Gasteiger partial charge < -0.3 is 14.6 Å². The summed E-state index contributed by atoms with van der Waals surface area (Å²) in [7, 11) is 0. The summed E-state index contributed by atoms with van der Waals surface area (Å²) in [5, 5.41) is 3.70. The number of halogens is 2. The van der Waals surface area contributed by atoms with Crippen LogP contribution < -0.4 is 10.1 Å². The summed E-state index contributed by atoms with van der Waals surface area (Å²) in [6.07, 6.45) is 1.76. The number of pyridine rings is 1. The second kappa shape index (κ2) is 11.6. The van der Waals surface area contributed by atoms with Gasteiger partial charge in [-0.2, -0.15) is 11.8 Å². The Kier molecular flexibility index (Phi) is 8.25. The number of carbonyl (C=O) groups excluding carboxylic acids is 1. The zero-order valence-electron chi connectivity index (χ0n) is 20.6. The van der Waals surface area contributed by atoms with E-state index in [-0.39, 0.29) is 18.6 Å². The molecule has 0 saturated heterocycles. The van der Waals surface area contributed by atoms with Gasteiger partial charge in [0.2, 0.25) is 0 Å². The molecule has 2 aromatic carbocycles. The number of hydrogen-bond acceptors (Lipinski definition) is 4. The van der Waals surface area contributed by atoms with Crippen LogP contribution in [0.1, 0.15) is 48.1 Å². The van der Waals surface area contributed by atoms with Crippen LogP contribution in [-0.4, -0.2) is 27.3 Å². The van der Waals surface area contributed by atoms with E-state index >= 15 is 0 Å². The van der Waals surface area contributed by atoms with E-state index in [0.29, 0.717) is 23.4 Å². The standard InChI is InChI=1S/C28H29F2N3O2S/c1-4-36-17-26-27(28(34)32-15-19-8-11-23(29)24(30)13-19)22-10-9-21(35-18(2)3)14-25(22)33(26)16-20-7-5-6-12-31-20/h5-14,18H,4,15-17H2,1-3H3,(H,32,34). The lowest BCUT2D eigenvalue weighted by atomic mass is 10.1. The average molecular weight is 510 g/mol. The van der Waals surface area contributed by atoms with Crippen LogP contribution in [0.15, 0.2) is 60.8 Å². The summed E-state index contributed by atoms with van der Waals surface area (Å²) in [6, 6.07) is 15.1. The number of nitrogens with zero attached hydrogens (tertiary/aromatic N) is 2. The number of benzene rings is 2. The van der Waals surface area contributed by atoms with Crippen LogP contribution in [0.5, 0.6) is 5.75 Å². The highest BCUT2D eigenvalue weighted by molar-refractivity contribution is 7.98. The van der Waals surface area contributed by atoms with Gasteiger partial charge >= 0.3 is 0 Å². The minimum Gasteiger partial charge on any atom is -0.491 e. The van der Waals surface area contributed by atoms with Crippen LogP contribution in [0.4, 0.5) is 8.78 Å². The predicted octanol–water partition coefficient (Wildman–Crippen LogP) is 6.33. The molecule has 2 heterocycles. The Morgan fingerprint density at radius 2 is 1.94 bits per heavy atom. The molecule has 0 unspecified atom stereocenters. The van der Waals surface area contributed by atoms with Crippen molar-refractivity contribution in [2.45, 2.75) is 45.7 Å². The van der Waals surface area contributed by atoms with Crippen molar-refractivity contribution in [3.8, 4) is 5.75 Å². The molecule has 0 saturated carbocycles. The van der Waals surface area contributed by atoms with Crippen molar-refractivity contribution < 1.29 is 18.3 Å². The molecule has 0 bridgehead atoms. The van der Waals surface area contributed by atoms with Crippen molar-refractivity contribution in [3.05, 3.63) is 94.9 Å². The van der Waals surface area contributed by atoms with Gasteiger partial charge in [0.05, 0.1) is 29.4 Å². The molecule has 1 N–H and O–H groups in total. The number of nitrogens with one attached hydrogen (secondary N) is 1. The second-order valence-corrected chi connectivity index (χ2v) is 9.92. The van der Waals surface area contributed by atoms with E-state index in [1.807, 2.05) is 50.2 Å². The summed E-state index contributed by atoms with van der Waals surface area (Å²) in [6.45, 7) is 6.60. The van der Waals surface area contributed by atoms with Crippen LogP contribution in [0.3, 0.4) is 0 Å². The maximum absolute atomic E-state index is 13.7. The van der Waals surface area contributed by atoms with Crippen LogP contribution in [0, 0.1) is 11.6 Å². The lowest BCUT2D eigenvalue weighted by Crippen LogP contribution is -2.24. The molecular weight excluding hydrogens is 480 g/mol. The van der Waals surface area contributed by atoms with E-state index in [1.165, 1.54) is 6.07 Å². The number of aromatic nitrogens is 2. The molecule has 4 aromatic rings. The van der Waals surface area contributed by atoms with Gasteiger partial charge in [0.25, 0.3) is 5.91 Å². The lowest BCUT2D eigenvalue weighted by Gasteiger charge is -2.13. The summed E-state index contributed by atoms with van der Waals surface area (Å²) in [5.41, 5.74) is 3.69. The SMILES string of the molecule is CCSCc1c(C(=O)NCc2ccc(F)c(F)c2)c2ccc(OC(C)C)cc2n1Cc1ccccn1. The van der Waals surface area contributed by atoms with E-state index in [9.17, 15) is 13.6 Å². The quantitative estimate of drug-likeness (QED) is 0.271. The van der Waals surface area contributed by atoms with Gasteiger partial charge in [-0.1, -0.05) is 19.1 Å². The Hall–Kier alpha value is -3.39. The van der Waals surface area contributed by atoms with Gasteiger partial charge in [0, 0.05) is 35.6 Å². The summed E-state index contributed by atoms with van der Waals surface area (Å²) < 4.78 is 35.1. The zero-order valence-corrected chi connectivity index (χ0v) is 21.4. The maximum atomic E-state index is 13.7. The lowest BCUT2D eigenvalue weighted by molar-refractivity contribution is 0.0951. The molecule has 0 aliphatic heterocycles. The molecule has 36 heavy (non-hydrogen) atoms. The molecule has 0 spiro atoms. The monoisotopic (exact) mass is 509 g/mol. The number of thioether (sulfide) groups is 1. The fourth-order valence-corrected chi connectivity index (χ4v) is 4.78. The number of fused-ring (bicyclic) bond motifs is 1. The van der Waals surface area contributed by atoms with Gasteiger partial charge in [0.15, 0.2) is 11.6 Å². The molecule has 0 fully saturated rings. The maximum Gasteiger partial charge on any atom is 0.254 e.